The molecule has 0 aliphatic rings. The summed E-state index contributed by atoms with van der Waals surface area (Å²) in [4.78, 5) is 13.2. The zero-order valence-corrected chi connectivity index (χ0v) is 13.5. The first-order valence-corrected chi connectivity index (χ1v) is 7.92. The number of nitrogens with two attached hydrogens (primary N) is 1. The zero-order valence-electron chi connectivity index (χ0n) is 11.1. The van der Waals surface area contributed by atoms with Crippen molar-refractivity contribution >= 4 is 44.5 Å². The molecule has 0 aliphatic carbocycles. The highest BCUT2D eigenvalue weighted by molar-refractivity contribution is 9.10. The average molecular weight is 354 g/mol. The fourth-order valence-corrected chi connectivity index (χ4v) is 3.22. The smallest absolute Gasteiger partial charge is 0.253 e. The van der Waals surface area contributed by atoms with E-state index < -0.39 is 0 Å². The van der Waals surface area contributed by atoms with E-state index in [0.29, 0.717) is 24.3 Å². The van der Waals surface area contributed by atoms with Crippen LogP contribution in [-0.4, -0.2) is 12.5 Å². The topological polar surface area (TPSA) is 67.2 Å². The Kier molecular flexibility index (Phi) is 5.03. The van der Waals surface area contributed by atoms with Crippen molar-refractivity contribution in [2.45, 2.75) is 13.5 Å². The number of halogens is 1. The Balaban J connectivity index is 2.19. The molecule has 4 nitrogen and oxygen atoms in total. The molecule has 0 saturated heterocycles. The second-order valence-corrected chi connectivity index (χ2v) is 6.06. The Hall–Kier alpha value is -1.53. The molecule has 0 bridgehead atoms. The predicted molar refractivity (Wildman–Crippen MR) is 88.2 cm³/mol. The zero-order chi connectivity index (χ0) is 14.5. The highest BCUT2D eigenvalue weighted by Crippen LogP contribution is 2.25. The van der Waals surface area contributed by atoms with Gasteiger partial charge in [-0.05, 0) is 52.5 Å². The van der Waals surface area contributed by atoms with Crippen molar-refractivity contribution in [1.82, 2.24) is 5.32 Å². The minimum atomic E-state index is -0.0970. The van der Waals surface area contributed by atoms with Crippen molar-refractivity contribution in [3.05, 3.63) is 44.6 Å². The fourth-order valence-electron chi connectivity index (χ4n) is 1.79. The highest BCUT2D eigenvalue weighted by Gasteiger charge is 2.11. The molecule has 0 spiro atoms. The summed E-state index contributed by atoms with van der Waals surface area (Å²) in [6, 6.07) is 7.26. The van der Waals surface area contributed by atoms with Gasteiger partial charge in [0.25, 0.3) is 5.91 Å². The molecule has 1 aromatic carbocycles. The van der Waals surface area contributed by atoms with E-state index in [-0.39, 0.29) is 5.91 Å². The van der Waals surface area contributed by atoms with Crippen LogP contribution in [0.2, 0.25) is 0 Å². The van der Waals surface area contributed by atoms with Gasteiger partial charge in [-0.1, -0.05) is 0 Å². The third kappa shape index (κ3) is 3.52. The second-order valence-electron chi connectivity index (χ2n) is 4.21. The van der Waals surface area contributed by atoms with Crippen LogP contribution >= 0.6 is 27.3 Å². The summed E-state index contributed by atoms with van der Waals surface area (Å²) in [5.74, 6) is -0.0970. The minimum Gasteiger partial charge on any atom is -0.399 e. The predicted octanol–water partition coefficient (Wildman–Crippen LogP) is 3.45. The van der Waals surface area contributed by atoms with Crippen LogP contribution < -0.4 is 16.4 Å². The number of nitrogens with one attached hydrogen (secondary N) is 2. The fraction of sp³-hybridized carbons (Fsp3) is 0.214. The van der Waals surface area contributed by atoms with Gasteiger partial charge in [0, 0.05) is 27.3 Å². The van der Waals surface area contributed by atoms with Crippen LogP contribution in [-0.2, 0) is 6.54 Å². The molecule has 0 atom stereocenters. The maximum absolute atomic E-state index is 12.0. The number of hydrogen-bond acceptors (Lipinski definition) is 4. The molecule has 2 aromatic rings. The van der Waals surface area contributed by atoms with Crippen molar-refractivity contribution in [1.29, 1.82) is 0 Å². The molecular weight excluding hydrogens is 338 g/mol. The molecule has 2 rings (SSSR count). The van der Waals surface area contributed by atoms with Gasteiger partial charge >= 0.3 is 0 Å². The molecule has 4 N–H and O–H groups in total. The lowest BCUT2D eigenvalue weighted by Crippen LogP contribution is -2.23. The van der Waals surface area contributed by atoms with Crippen molar-refractivity contribution in [2.24, 2.45) is 0 Å². The number of carbonyl (C=O) groups is 1. The molecule has 1 aromatic heterocycles. The van der Waals surface area contributed by atoms with Gasteiger partial charge < -0.3 is 16.4 Å². The van der Waals surface area contributed by atoms with Gasteiger partial charge in [-0.2, -0.15) is 0 Å². The van der Waals surface area contributed by atoms with Crippen LogP contribution in [0.3, 0.4) is 0 Å². The van der Waals surface area contributed by atoms with Gasteiger partial charge in [0.05, 0.1) is 12.1 Å². The molecule has 0 aliphatic heterocycles. The number of benzene rings is 1. The SMILES string of the molecule is CCNC(=O)c1ccc(N)cc1NCc1sccc1Br. The molecule has 1 heterocycles. The summed E-state index contributed by atoms with van der Waals surface area (Å²) < 4.78 is 1.07. The summed E-state index contributed by atoms with van der Waals surface area (Å²) in [7, 11) is 0. The normalized spacial score (nSPS) is 10.3. The Labute approximate surface area is 130 Å². The van der Waals surface area contributed by atoms with E-state index in [9.17, 15) is 4.79 Å². The van der Waals surface area contributed by atoms with Crippen molar-refractivity contribution in [2.75, 3.05) is 17.6 Å². The quantitative estimate of drug-likeness (QED) is 0.721. The van der Waals surface area contributed by atoms with Crippen LogP contribution in [0.25, 0.3) is 0 Å². The van der Waals surface area contributed by atoms with Gasteiger partial charge in [0.1, 0.15) is 0 Å². The maximum Gasteiger partial charge on any atom is 0.253 e. The van der Waals surface area contributed by atoms with E-state index in [1.54, 1.807) is 29.5 Å². The van der Waals surface area contributed by atoms with E-state index >= 15 is 0 Å². The van der Waals surface area contributed by atoms with E-state index in [1.165, 1.54) is 4.88 Å². The molecule has 0 fully saturated rings. The molecular formula is C14H16BrN3OS. The van der Waals surface area contributed by atoms with Crippen LogP contribution in [0.5, 0.6) is 0 Å². The Morgan fingerprint density at radius 3 is 2.85 bits per heavy atom. The number of rotatable bonds is 5. The summed E-state index contributed by atoms with van der Waals surface area (Å²) in [6.45, 7) is 3.14. The van der Waals surface area contributed by atoms with Crippen molar-refractivity contribution in [3.8, 4) is 0 Å². The van der Waals surface area contributed by atoms with Crippen LogP contribution in [0, 0.1) is 0 Å². The lowest BCUT2D eigenvalue weighted by atomic mass is 10.1. The molecule has 1 amide bonds. The molecule has 0 unspecified atom stereocenters. The summed E-state index contributed by atoms with van der Waals surface area (Å²) in [6.07, 6.45) is 0. The number of thiophene rings is 1. The minimum absolute atomic E-state index is 0.0970. The molecule has 0 saturated carbocycles. The lowest BCUT2D eigenvalue weighted by Gasteiger charge is -2.12. The lowest BCUT2D eigenvalue weighted by molar-refractivity contribution is 0.0956. The van der Waals surface area contributed by atoms with Crippen molar-refractivity contribution in [3.63, 3.8) is 0 Å². The van der Waals surface area contributed by atoms with Gasteiger partial charge in [-0.3, -0.25) is 4.79 Å². The van der Waals surface area contributed by atoms with Crippen LogP contribution in [0.4, 0.5) is 11.4 Å². The second kappa shape index (κ2) is 6.76. The van der Waals surface area contributed by atoms with Gasteiger partial charge in [0.2, 0.25) is 0 Å². The van der Waals surface area contributed by atoms with E-state index in [1.807, 2.05) is 18.4 Å². The number of carbonyl (C=O) groups excluding carboxylic acids is 1. The van der Waals surface area contributed by atoms with Gasteiger partial charge in [-0.25, -0.2) is 0 Å². The summed E-state index contributed by atoms with van der Waals surface area (Å²) in [5.41, 5.74) is 7.78. The summed E-state index contributed by atoms with van der Waals surface area (Å²) in [5, 5.41) is 8.10. The first-order chi connectivity index (χ1) is 9.61. The maximum atomic E-state index is 12.0. The van der Waals surface area contributed by atoms with Crippen molar-refractivity contribution < 1.29 is 4.79 Å². The standard InChI is InChI=1S/C14H16BrN3OS/c1-2-17-14(19)10-4-3-9(16)7-12(10)18-8-13-11(15)5-6-20-13/h3-7,18H,2,8,16H2,1H3,(H,17,19). The highest BCUT2D eigenvalue weighted by atomic mass is 79.9. The first-order valence-electron chi connectivity index (χ1n) is 6.25. The Bertz CT molecular complexity index is 612. The number of nitrogen functional groups attached to an aromatic ring is 1. The monoisotopic (exact) mass is 353 g/mol. The molecule has 20 heavy (non-hydrogen) atoms. The van der Waals surface area contributed by atoms with E-state index in [4.69, 9.17) is 5.73 Å². The third-order valence-electron chi connectivity index (χ3n) is 2.76. The molecule has 106 valence electrons. The Morgan fingerprint density at radius 1 is 1.40 bits per heavy atom. The number of hydrogen-bond donors (Lipinski definition) is 3. The van der Waals surface area contributed by atoms with E-state index in [0.717, 1.165) is 10.2 Å². The molecule has 0 radical (unpaired) electrons. The molecule has 6 heteroatoms. The first kappa shape index (κ1) is 14.9. The van der Waals surface area contributed by atoms with Crippen LogP contribution in [0.1, 0.15) is 22.2 Å². The number of amides is 1. The largest absolute Gasteiger partial charge is 0.399 e. The number of anilines is 2. The van der Waals surface area contributed by atoms with Crippen LogP contribution in [0.15, 0.2) is 34.1 Å². The van der Waals surface area contributed by atoms with Gasteiger partial charge in [-0.15, -0.1) is 11.3 Å². The third-order valence-corrected chi connectivity index (χ3v) is 4.68. The van der Waals surface area contributed by atoms with E-state index in [2.05, 4.69) is 26.6 Å². The summed E-state index contributed by atoms with van der Waals surface area (Å²) >= 11 is 5.15. The van der Waals surface area contributed by atoms with Gasteiger partial charge in [0.15, 0.2) is 0 Å². The Morgan fingerprint density at radius 2 is 2.20 bits per heavy atom. The average Bonchev–Trinajstić information content (AvgIpc) is 2.82.